The molecule has 9 heteroatoms. The molecule has 29 heavy (non-hydrogen) atoms. The van der Waals surface area contributed by atoms with Crippen LogP contribution in [0.3, 0.4) is 0 Å². The highest BCUT2D eigenvalue weighted by atomic mass is 16.5. The van der Waals surface area contributed by atoms with Crippen molar-refractivity contribution in [1.29, 1.82) is 0 Å². The highest BCUT2D eigenvalue weighted by Crippen LogP contribution is 2.26. The fourth-order valence-corrected chi connectivity index (χ4v) is 3.03. The van der Waals surface area contributed by atoms with Gasteiger partial charge in [0.25, 0.3) is 0 Å². The second kappa shape index (κ2) is 7.93. The summed E-state index contributed by atoms with van der Waals surface area (Å²) in [5.41, 5.74) is 4.79. The van der Waals surface area contributed by atoms with Crippen LogP contribution in [0.5, 0.6) is 5.75 Å². The molecule has 0 unspecified atom stereocenters. The van der Waals surface area contributed by atoms with Crippen molar-refractivity contribution in [2.75, 3.05) is 12.4 Å². The zero-order valence-corrected chi connectivity index (χ0v) is 16.0. The van der Waals surface area contributed by atoms with Gasteiger partial charge in [0.15, 0.2) is 0 Å². The first-order valence-corrected chi connectivity index (χ1v) is 8.95. The summed E-state index contributed by atoms with van der Waals surface area (Å²) in [7, 11) is 1.62. The van der Waals surface area contributed by atoms with Crippen molar-refractivity contribution >= 4 is 11.6 Å². The molecule has 2 aromatic carbocycles. The number of aromatic amines is 1. The summed E-state index contributed by atoms with van der Waals surface area (Å²) >= 11 is 0. The van der Waals surface area contributed by atoms with Crippen molar-refractivity contribution < 1.29 is 9.53 Å². The van der Waals surface area contributed by atoms with Crippen molar-refractivity contribution in [2.24, 2.45) is 0 Å². The smallest absolute Gasteiger partial charge is 0.228 e. The van der Waals surface area contributed by atoms with Gasteiger partial charge < -0.3 is 10.1 Å². The van der Waals surface area contributed by atoms with E-state index < -0.39 is 0 Å². The Morgan fingerprint density at radius 3 is 2.76 bits per heavy atom. The number of aryl methyl sites for hydroxylation is 1. The number of methoxy groups -OCH3 is 1. The summed E-state index contributed by atoms with van der Waals surface area (Å²) in [6.45, 7) is 1.90. The predicted molar refractivity (Wildman–Crippen MR) is 107 cm³/mol. The van der Waals surface area contributed by atoms with Crippen LogP contribution >= 0.6 is 0 Å². The first-order valence-electron chi connectivity index (χ1n) is 8.95. The van der Waals surface area contributed by atoms with Gasteiger partial charge in [0, 0.05) is 22.5 Å². The molecule has 0 spiro atoms. The molecule has 9 nitrogen and oxygen atoms in total. The Hall–Kier alpha value is -4.01. The number of hydrogen-bond donors (Lipinski definition) is 2. The largest absolute Gasteiger partial charge is 0.497 e. The molecule has 4 aromatic rings. The molecule has 0 saturated carbocycles. The molecule has 2 aromatic heterocycles. The molecule has 0 fully saturated rings. The Morgan fingerprint density at radius 1 is 1.21 bits per heavy atom. The second-order valence-electron chi connectivity index (χ2n) is 6.43. The first-order chi connectivity index (χ1) is 14.1. The van der Waals surface area contributed by atoms with E-state index in [1.165, 1.54) is 11.0 Å². The lowest BCUT2D eigenvalue weighted by atomic mass is 10.0. The molecule has 2 N–H and O–H groups in total. The van der Waals surface area contributed by atoms with E-state index in [-0.39, 0.29) is 12.3 Å². The van der Waals surface area contributed by atoms with Crippen molar-refractivity contribution in [1.82, 2.24) is 30.4 Å². The number of aromatic nitrogens is 6. The summed E-state index contributed by atoms with van der Waals surface area (Å²) in [6.07, 6.45) is 1.69. The molecule has 0 aliphatic carbocycles. The van der Waals surface area contributed by atoms with E-state index >= 15 is 0 Å². The lowest BCUT2D eigenvalue weighted by Gasteiger charge is -2.08. The maximum atomic E-state index is 12.7. The van der Waals surface area contributed by atoms with Crippen LogP contribution in [0.4, 0.5) is 5.69 Å². The predicted octanol–water partition coefficient (Wildman–Crippen LogP) is 2.55. The van der Waals surface area contributed by atoms with Crippen molar-refractivity contribution in [3.63, 3.8) is 0 Å². The highest BCUT2D eigenvalue weighted by molar-refractivity contribution is 5.93. The summed E-state index contributed by atoms with van der Waals surface area (Å²) in [5, 5.41) is 21.4. The second-order valence-corrected chi connectivity index (χ2v) is 6.43. The third kappa shape index (κ3) is 3.98. The SMILES string of the molecule is COc1ccc(-c2n[nH]c(C)c2CC(=O)Nc2cccc(-n3cnnn3)c2)cc1. The van der Waals surface area contributed by atoms with E-state index in [4.69, 9.17) is 4.74 Å². The van der Waals surface area contributed by atoms with Gasteiger partial charge in [-0.2, -0.15) is 5.10 Å². The fourth-order valence-electron chi connectivity index (χ4n) is 3.03. The monoisotopic (exact) mass is 389 g/mol. The number of amides is 1. The quantitative estimate of drug-likeness (QED) is 0.524. The summed E-state index contributed by atoms with van der Waals surface area (Å²) in [6, 6.07) is 14.9. The van der Waals surface area contributed by atoms with Gasteiger partial charge in [-0.3, -0.25) is 9.89 Å². The van der Waals surface area contributed by atoms with Gasteiger partial charge in [-0.15, -0.1) is 5.10 Å². The van der Waals surface area contributed by atoms with Crippen LogP contribution in [0.2, 0.25) is 0 Å². The maximum Gasteiger partial charge on any atom is 0.228 e. The van der Waals surface area contributed by atoms with Gasteiger partial charge in [0.1, 0.15) is 12.1 Å². The number of carbonyl (C=O) groups excluding carboxylic acids is 1. The van der Waals surface area contributed by atoms with E-state index in [2.05, 4.69) is 31.0 Å². The standard InChI is InChI=1S/C20H19N7O2/c1-13-18(20(24-23-13)14-6-8-17(29-2)9-7-14)11-19(28)22-15-4-3-5-16(10-15)27-12-21-25-26-27/h3-10,12H,11H2,1-2H3,(H,22,28)(H,23,24). The van der Waals surface area contributed by atoms with Crippen LogP contribution in [0.1, 0.15) is 11.3 Å². The molecule has 0 aliphatic rings. The Labute approximate surface area is 166 Å². The molecule has 0 aliphatic heterocycles. The topological polar surface area (TPSA) is 111 Å². The number of rotatable bonds is 6. The number of benzene rings is 2. The number of nitrogens with zero attached hydrogens (tertiary/aromatic N) is 5. The number of carbonyl (C=O) groups is 1. The van der Waals surface area contributed by atoms with E-state index in [0.717, 1.165) is 34.0 Å². The molecule has 1 amide bonds. The van der Waals surface area contributed by atoms with Crippen LogP contribution < -0.4 is 10.1 Å². The lowest BCUT2D eigenvalue weighted by molar-refractivity contribution is -0.115. The fraction of sp³-hybridized carbons (Fsp3) is 0.150. The van der Waals surface area contributed by atoms with Crippen LogP contribution in [-0.4, -0.2) is 43.4 Å². The van der Waals surface area contributed by atoms with Crippen LogP contribution in [0, 0.1) is 6.92 Å². The molecule has 0 radical (unpaired) electrons. The van der Waals surface area contributed by atoms with Crippen LogP contribution in [0.15, 0.2) is 54.9 Å². The maximum absolute atomic E-state index is 12.7. The minimum absolute atomic E-state index is 0.141. The molecule has 0 atom stereocenters. The molecule has 2 heterocycles. The zero-order valence-electron chi connectivity index (χ0n) is 16.0. The molecule has 146 valence electrons. The first kappa shape index (κ1) is 18.4. The summed E-state index contributed by atoms with van der Waals surface area (Å²) in [4.78, 5) is 12.7. The number of H-pyrrole nitrogens is 1. The van der Waals surface area contributed by atoms with Gasteiger partial charge in [-0.05, 0) is 59.8 Å². The molecule has 0 bridgehead atoms. The average Bonchev–Trinajstić information content (AvgIpc) is 3.39. The molecule has 0 saturated heterocycles. The van der Waals surface area contributed by atoms with E-state index in [1.807, 2.05) is 49.4 Å². The number of nitrogens with one attached hydrogen (secondary N) is 2. The zero-order chi connectivity index (χ0) is 20.2. The third-order valence-electron chi connectivity index (χ3n) is 4.52. The Morgan fingerprint density at radius 2 is 2.03 bits per heavy atom. The van der Waals surface area contributed by atoms with E-state index in [1.54, 1.807) is 13.2 Å². The Bertz CT molecular complexity index is 1120. The number of tetrazole rings is 1. The average molecular weight is 389 g/mol. The minimum Gasteiger partial charge on any atom is -0.497 e. The third-order valence-corrected chi connectivity index (χ3v) is 4.52. The van der Waals surface area contributed by atoms with Gasteiger partial charge in [-0.25, -0.2) is 4.68 Å². The van der Waals surface area contributed by atoms with Crippen molar-refractivity contribution in [3.05, 3.63) is 66.1 Å². The van der Waals surface area contributed by atoms with Gasteiger partial charge >= 0.3 is 0 Å². The molecular formula is C20H19N7O2. The molecular weight excluding hydrogens is 370 g/mol. The molecule has 4 rings (SSSR count). The van der Waals surface area contributed by atoms with Gasteiger partial charge in [0.2, 0.25) is 5.91 Å². The van der Waals surface area contributed by atoms with Gasteiger partial charge in [-0.1, -0.05) is 6.07 Å². The van der Waals surface area contributed by atoms with Crippen molar-refractivity contribution in [2.45, 2.75) is 13.3 Å². The van der Waals surface area contributed by atoms with Crippen molar-refractivity contribution in [3.8, 4) is 22.7 Å². The Kier molecular flexibility index (Phi) is 5.02. The minimum atomic E-state index is -0.141. The van der Waals surface area contributed by atoms with Gasteiger partial charge in [0.05, 0.1) is 24.9 Å². The van der Waals surface area contributed by atoms with E-state index in [9.17, 15) is 4.79 Å². The lowest BCUT2D eigenvalue weighted by Crippen LogP contribution is -2.15. The summed E-state index contributed by atoms with van der Waals surface area (Å²) in [5.74, 6) is 0.626. The number of anilines is 1. The normalized spacial score (nSPS) is 10.7. The number of hydrogen-bond acceptors (Lipinski definition) is 6. The van der Waals surface area contributed by atoms with Crippen LogP contribution in [-0.2, 0) is 11.2 Å². The van der Waals surface area contributed by atoms with Crippen LogP contribution in [0.25, 0.3) is 16.9 Å². The highest BCUT2D eigenvalue weighted by Gasteiger charge is 2.16. The Balaban J connectivity index is 1.52. The van der Waals surface area contributed by atoms with E-state index in [0.29, 0.717) is 5.69 Å². The number of ether oxygens (including phenoxy) is 1. The summed E-state index contributed by atoms with van der Waals surface area (Å²) < 4.78 is 6.73.